The second-order valence-electron chi connectivity index (χ2n) is 10.2. The number of carbonyl (C=O) groups is 1. The van der Waals surface area contributed by atoms with E-state index in [9.17, 15) is 13.2 Å². The molecule has 2 aliphatic rings. The van der Waals surface area contributed by atoms with Crippen molar-refractivity contribution in [1.82, 2.24) is 24.5 Å². The SMILES string of the molecule is C[C@@H]1CN(c2nc(-n3ccc(OC4CC4)n3)ccc2C(=O)CS(=O)(=O)c2cnn(C)c2)C(C)(C)C1.S. The molecule has 0 bridgehead atoms. The van der Waals surface area contributed by atoms with Crippen molar-refractivity contribution in [3.8, 4) is 11.7 Å². The lowest BCUT2D eigenvalue weighted by Gasteiger charge is -2.34. The molecule has 12 heteroatoms. The number of aromatic nitrogens is 5. The third-order valence-electron chi connectivity index (χ3n) is 6.46. The van der Waals surface area contributed by atoms with Gasteiger partial charge in [-0.25, -0.2) is 18.1 Å². The number of hydrogen-bond acceptors (Lipinski definition) is 8. The van der Waals surface area contributed by atoms with Crippen molar-refractivity contribution in [3.05, 3.63) is 42.4 Å². The lowest BCUT2D eigenvalue weighted by molar-refractivity contribution is 0.102. The molecule has 2 fully saturated rings. The molecule has 3 aromatic rings. The largest absolute Gasteiger partial charge is 0.473 e. The Morgan fingerprint density at radius 2 is 1.97 bits per heavy atom. The Bertz CT molecular complexity index is 1380. The second kappa shape index (κ2) is 9.55. The number of Topliss-reactive ketones (excluding diaryl/α,β-unsaturated/α-hetero) is 1. The molecule has 1 aliphatic heterocycles. The molecule has 0 N–H and O–H groups in total. The number of ketones is 1. The first-order chi connectivity index (χ1) is 16.5. The Hall–Kier alpha value is -2.86. The van der Waals surface area contributed by atoms with Gasteiger partial charge in [-0.1, -0.05) is 6.92 Å². The molecule has 5 rings (SSSR count). The highest BCUT2D eigenvalue weighted by Gasteiger charge is 2.39. The van der Waals surface area contributed by atoms with E-state index in [1.54, 1.807) is 36.1 Å². The van der Waals surface area contributed by atoms with Gasteiger partial charge in [0.1, 0.15) is 22.6 Å². The lowest BCUT2D eigenvalue weighted by Crippen LogP contribution is -2.40. The summed E-state index contributed by atoms with van der Waals surface area (Å²) in [4.78, 5) is 20.3. The highest BCUT2D eigenvalue weighted by Crippen LogP contribution is 2.38. The highest BCUT2D eigenvalue weighted by molar-refractivity contribution is 7.92. The Kier molecular flexibility index (Phi) is 6.95. The third-order valence-corrected chi connectivity index (χ3v) is 8.03. The highest BCUT2D eigenvalue weighted by atomic mass is 32.2. The topological polar surface area (TPSA) is 112 Å². The number of nitrogens with zero attached hydrogens (tertiary/aromatic N) is 6. The molecule has 3 aromatic heterocycles. The molecule has 0 spiro atoms. The van der Waals surface area contributed by atoms with Crippen molar-refractivity contribution in [2.75, 3.05) is 17.2 Å². The van der Waals surface area contributed by atoms with Crippen molar-refractivity contribution in [2.45, 2.75) is 56.6 Å². The summed E-state index contributed by atoms with van der Waals surface area (Å²) >= 11 is 0. The summed E-state index contributed by atoms with van der Waals surface area (Å²) in [6.07, 6.45) is 7.67. The standard InChI is InChI=1S/C24H30N6O4S.H2S/c1-16-11-24(2,3)29(13-16)23-19(20(31)15-35(32,33)18-12-25-28(4)14-18)7-8-21(26-23)30-10-9-22(27-30)34-17-5-6-17;/h7-10,12,14,16-17H,5-6,11,13,15H2,1-4H3;1H2/t16-;/m0./s1. The zero-order chi connectivity index (χ0) is 25.0. The van der Waals surface area contributed by atoms with Crippen LogP contribution in [0.1, 0.15) is 50.4 Å². The molecule has 0 aromatic carbocycles. The summed E-state index contributed by atoms with van der Waals surface area (Å²) in [5, 5.41) is 8.40. The van der Waals surface area contributed by atoms with Crippen molar-refractivity contribution in [2.24, 2.45) is 13.0 Å². The fourth-order valence-corrected chi connectivity index (χ4v) is 5.88. The minimum absolute atomic E-state index is 0. The molecule has 1 aliphatic carbocycles. The summed E-state index contributed by atoms with van der Waals surface area (Å²) in [6, 6.07) is 5.13. The van der Waals surface area contributed by atoms with Crippen LogP contribution in [0.4, 0.5) is 5.82 Å². The van der Waals surface area contributed by atoms with Crippen molar-refractivity contribution >= 4 is 34.9 Å². The number of rotatable bonds is 8. The van der Waals surface area contributed by atoms with Gasteiger partial charge in [-0.3, -0.25) is 9.48 Å². The zero-order valence-corrected chi connectivity index (χ0v) is 22.7. The lowest BCUT2D eigenvalue weighted by atomic mass is 9.97. The van der Waals surface area contributed by atoms with Crippen LogP contribution in [-0.4, -0.2) is 62.7 Å². The summed E-state index contributed by atoms with van der Waals surface area (Å²) in [5.74, 6) is 0.791. The van der Waals surface area contributed by atoms with Gasteiger partial charge in [0.2, 0.25) is 5.88 Å². The monoisotopic (exact) mass is 532 g/mol. The molecule has 194 valence electrons. The average Bonchev–Trinajstić information content (AvgIpc) is 3.14. The number of carbonyl (C=O) groups excluding carboxylic acids is 1. The van der Waals surface area contributed by atoms with Crippen LogP contribution in [-0.2, 0) is 16.9 Å². The average molecular weight is 533 g/mol. The molecule has 10 nitrogen and oxygen atoms in total. The summed E-state index contributed by atoms with van der Waals surface area (Å²) in [6.45, 7) is 7.10. The minimum Gasteiger partial charge on any atom is -0.473 e. The van der Waals surface area contributed by atoms with E-state index in [0.717, 1.165) is 19.3 Å². The number of hydrogen-bond donors (Lipinski definition) is 0. The van der Waals surface area contributed by atoms with E-state index in [1.807, 2.05) is 0 Å². The van der Waals surface area contributed by atoms with E-state index in [2.05, 4.69) is 35.9 Å². The van der Waals surface area contributed by atoms with Gasteiger partial charge in [-0.15, -0.1) is 5.10 Å². The van der Waals surface area contributed by atoms with Gasteiger partial charge in [0.25, 0.3) is 0 Å². The molecule has 36 heavy (non-hydrogen) atoms. The van der Waals surface area contributed by atoms with Crippen molar-refractivity contribution in [3.63, 3.8) is 0 Å². The van der Waals surface area contributed by atoms with E-state index >= 15 is 0 Å². The fraction of sp³-hybridized carbons (Fsp3) is 0.500. The number of ether oxygens (including phenoxy) is 1. The molecular formula is C24H32N6O4S2. The number of anilines is 1. The van der Waals surface area contributed by atoms with Gasteiger partial charge in [-0.05, 0) is 51.2 Å². The van der Waals surface area contributed by atoms with Crippen LogP contribution in [0.15, 0.2) is 41.7 Å². The smallest absolute Gasteiger partial charge is 0.233 e. The van der Waals surface area contributed by atoms with E-state index in [1.165, 1.54) is 17.1 Å². The maximum atomic E-state index is 13.4. The molecule has 4 heterocycles. The fourth-order valence-electron chi connectivity index (χ4n) is 4.70. The third kappa shape index (κ3) is 5.29. The number of aryl methyl sites for hydroxylation is 1. The van der Waals surface area contributed by atoms with E-state index < -0.39 is 21.4 Å². The first-order valence-electron chi connectivity index (χ1n) is 11.8. The molecule has 0 radical (unpaired) electrons. The molecule has 0 amide bonds. The molecular weight excluding hydrogens is 500 g/mol. The van der Waals surface area contributed by atoms with Crippen LogP contribution < -0.4 is 9.64 Å². The van der Waals surface area contributed by atoms with Gasteiger partial charge < -0.3 is 9.64 Å². The summed E-state index contributed by atoms with van der Waals surface area (Å²) in [7, 11) is -2.21. The van der Waals surface area contributed by atoms with Crippen LogP contribution in [0.5, 0.6) is 5.88 Å². The maximum absolute atomic E-state index is 13.4. The summed E-state index contributed by atoms with van der Waals surface area (Å²) in [5.41, 5.74) is 0.0390. The zero-order valence-electron chi connectivity index (χ0n) is 20.9. The maximum Gasteiger partial charge on any atom is 0.233 e. The second-order valence-corrected chi connectivity index (χ2v) is 12.2. The first kappa shape index (κ1) is 26.2. The predicted molar refractivity (Wildman–Crippen MR) is 140 cm³/mol. The van der Waals surface area contributed by atoms with Crippen molar-refractivity contribution in [1.29, 1.82) is 0 Å². The Morgan fingerprint density at radius 3 is 2.58 bits per heavy atom. The minimum atomic E-state index is -3.84. The molecule has 1 saturated heterocycles. The van der Waals surface area contributed by atoms with Crippen molar-refractivity contribution < 1.29 is 17.9 Å². The van der Waals surface area contributed by atoms with Gasteiger partial charge in [0.05, 0.1) is 11.8 Å². The number of pyridine rings is 1. The van der Waals surface area contributed by atoms with E-state index in [-0.39, 0.29) is 35.6 Å². The number of sulfone groups is 1. The van der Waals surface area contributed by atoms with Gasteiger partial charge in [0.15, 0.2) is 21.4 Å². The first-order valence-corrected chi connectivity index (χ1v) is 13.4. The van der Waals surface area contributed by atoms with Crippen LogP contribution >= 0.6 is 13.5 Å². The van der Waals surface area contributed by atoms with Crippen LogP contribution in [0.2, 0.25) is 0 Å². The Morgan fingerprint density at radius 1 is 1.22 bits per heavy atom. The van der Waals surface area contributed by atoms with Crippen LogP contribution in [0, 0.1) is 5.92 Å². The van der Waals surface area contributed by atoms with E-state index in [0.29, 0.717) is 30.0 Å². The van der Waals surface area contributed by atoms with Gasteiger partial charge in [-0.2, -0.15) is 18.6 Å². The van der Waals surface area contributed by atoms with E-state index in [4.69, 9.17) is 9.72 Å². The quantitative estimate of drug-likeness (QED) is 0.407. The van der Waals surface area contributed by atoms with Crippen LogP contribution in [0.25, 0.3) is 5.82 Å². The molecule has 1 saturated carbocycles. The molecule has 0 unspecified atom stereocenters. The van der Waals surface area contributed by atoms with Gasteiger partial charge >= 0.3 is 0 Å². The normalized spacial score (nSPS) is 19.2. The summed E-state index contributed by atoms with van der Waals surface area (Å²) < 4.78 is 34.6. The van der Waals surface area contributed by atoms with Crippen LogP contribution in [0.3, 0.4) is 0 Å². The van der Waals surface area contributed by atoms with Gasteiger partial charge in [0, 0.05) is 37.6 Å². The Labute approximate surface area is 218 Å². The predicted octanol–water partition coefficient (Wildman–Crippen LogP) is 2.94. The Balaban J connectivity index is 0.00000304. The molecule has 1 atom stereocenters.